The van der Waals surface area contributed by atoms with Gasteiger partial charge in [0.1, 0.15) is 0 Å². The van der Waals surface area contributed by atoms with Crippen LogP contribution in [0.5, 0.6) is 0 Å². The molecule has 4 heavy (non-hydrogen) atoms. The van der Waals surface area contributed by atoms with Crippen molar-refractivity contribution in [1.29, 1.82) is 0 Å². The molecule has 1 nitrogen and oxygen atoms in total. The van der Waals surface area contributed by atoms with Crippen LogP contribution in [-0.4, -0.2) is 0 Å². The molecule has 4 heteroatoms. The third-order valence-electron chi connectivity index (χ3n) is 0. The summed E-state index contributed by atoms with van der Waals surface area (Å²) in [6.45, 7) is 0. The Balaban J connectivity index is 0. The number of hydrogen-bond acceptors (Lipinski definition) is 0. The predicted octanol–water partition coefficient (Wildman–Crippen LogP) is -0.126. The van der Waals surface area contributed by atoms with Crippen LogP contribution < -0.4 is 0 Å². The van der Waals surface area contributed by atoms with Crippen molar-refractivity contribution in [3.8, 4) is 0 Å². The first-order valence-corrected chi connectivity index (χ1v) is 0. The van der Waals surface area contributed by atoms with Gasteiger partial charge in [0.05, 0.1) is 0 Å². The maximum absolute atomic E-state index is 0. The van der Waals surface area contributed by atoms with Crippen LogP contribution in [0.25, 0.3) is 0 Å². The van der Waals surface area contributed by atoms with Gasteiger partial charge in [0.15, 0.2) is 0 Å². The van der Waals surface area contributed by atoms with E-state index in [-0.39, 0.29) is 77.1 Å². The minimum atomic E-state index is 0. The Morgan fingerprint density at radius 1 is 0.750 bits per heavy atom. The fourth-order valence-electron chi connectivity index (χ4n) is 0. The van der Waals surface area contributed by atoms with Crippen LogP contribution in [-0.2, 0) is 77.1 Å². The van der Waals surface area contributed by atoms with E-state index in [0.29, 0.717) is 0 Å². The van der Waals surface area contributed by atoms with Gasteiger partial charge in [0.2, 0.25) is 0 Å². The van der Waals surface area contributed by atoms with Crippen molar-refractivity contribution in [2.45, 2.75) is 0 Å². The molecule has 0 bridgehead atoms. The molecule has 0 aromatic rings. The Kier molecular flexibility index (Phi) is 154. The smallest absolute Gasteiger partial charge is 2.00 e. The third kappa shape index (κ3) is 8.85. The Labute approximate surface area is 76.0 Å². The largest absolute Gasteiger partial charge is 3.00 e. The molecule has 0 aromatic heterocycles. The molecule has 0 amide bonds. The zero-order chi connectivity index (χ0) is 0. The molecule has 0 saturated carbocycles. The molecule has 8 valence electrons. The molecule has 0 aliphatic heterocycles. The molecular formula is OYZn2+5. The van der Waals surface area contributed by atoms with E-state index in [2.05, 4.69) is 0 Å². The minimum Gasteiger partial charge on any atom is -2.00 e. The molecule has 0 aliphatic carbocycles. The van der Waals surface area contributed by atoms with Crippen molar-refractivity contribution >= 4 is 0 Å². The summed E-state index contributed by atoms with van der Waals surface area (Å²) in [6, 6.07) is 0. The monoisotopic (exact) mass is 233 g/mol. The van der Waals surface area contributed by atoms with Crippen LogP contribution in [0.1, 0.15) is 0 Å². The topological polar surface area (TPSA) is 28.5 Å². The SMILES string of the molecule is [O-2].[Y+3].[Zn+2].[Zn+2]. The normalized spacial score (nSPS) is 0. The molecule has 0 heterocycles. The summed E-state index contributed by atoms with van der Waals surface area (Å²) in [4.78, 5) is 0. The van der Waals surface area contributed by atoms with E-state index in [4.69, 9.17) is 0 Å². The number of hydrogen-bond donors (Lipinski definition) is 0. The standard InChI is InChI=1S/O.Y.2Zn/q-2;+3;2*+2. The summed E-state index contributed by atoms with van der Waals surface area (Å²) in [5.74, 6) is 0. The van der Waals surface area contributed by atoms with Crippen LogP contribution in [0.2, 0.25) is 0 Å². The summed E-state index contributed by atoms with van der Waals surface area (Å²) >= 11 is 0. The molecule has 0 N–H and O–H groups in total. The van der Waals surface area contributed by atoms with E-state index in [1.165, 1.54) is 0 Å². The number of rotatable bonds is 0. The van der Waals surface area contributed by atoms with Crippen molar-refractivity contribution in [2.75, 3.05) is 0 Å². The average Bonchev–Trinajstić information content (AvgIpc) is 0. The molecule has 0 radical (unpaired) electrons. The molecule has 0 aromatic carbocycles. The predicted molar refractivity (Wildman–Crippen MR) is 0.686 cm³/mol. The van der Waals surface area contributed by atoms with E-state index in [1.54, 1.807) is 0 Å². The molecule has 0 fully saturated rings. The Morgan fingerprint density at radius 2 is 0.750 bits per heavy atom. The Bertz CT molecular complexity index is 6.00. The minimum absolute atomic E-state index is 0. The van der Waals surface area contributed by atoms with Crippen molar-refractivity contribution in [1.82, 2.24) is 0 Å². The van der Waals surface area contributed by atoms with Gasteiger partial charge < -0.3 is 5.48 Å². The quantitative estimate of drug-likeness (QED) is 0.524. The third-order valence-corrected chi connectivity index (χ3v) is 0. The maximum Gasteiger partial charge on any atom is 3.00 e. The van der Waals surface area contributed by atoms with Crippen molar-refractivity contribution in [2.24, 2.45) is 0 Å². The van der Waals surface area contributed by atoms with Crippen molar-refractivity contribution in [3.05, 3.63) is 0 Å². The Morgan fingerprint density at radius 3 is 0.750 bits per heavy atom. The van der Waals surface area contributed by atoms with E-state index < -0.39 is 0 Å². The van der Waals surface area contributed by atoms with Crippen molar-refractivity contribution < 1.29 is 77.1 Å². The van der Waals surface area contributed by atoms with Gasteiger partial charge in [-0.2, -0.15) is 0 Å². The van der Waals surface area contributed by atoms with E-state index >= 15 is 0 Å². The summed E-state index contributed by atoms with van der Waals surface area (Å²) in [7, 11) is 0. The van der Waals surface area contributed by atoms with Crippen LogP contribution in [0.4, 0.5) is 0 Å². The molecule has 0 spiro atoms. The molecule has 0 unspecified atom stereocenters. The fourth-order valence-corrected chi connectivity index (χ4v) is 0. The van der Waals surface area contributed by atoms with E-state index in [9.17, 15) is 0 Å². The fraction of sp³-hybridized carbons (Fsp3) is 0. The second-order valence-corrected chi connectivity index (χ2v) is 0. The van der Waals surface area contributed by atoms with Crippen LogP contribution in [0.3, 0.4) is 0 Å². The molecule has 0 aliphatic rings. The second-order valence-electron chi connectivity index (χ2n) is 0. The van der Waals surface area contributed by atoms with Crippen LogP contribution in [0.15, 0.2) is 0 Å². The van der Waals surface area contributed by atoms with Gasteiger partial charge in [0, 0.05) is 0 Å². The summed E-state index contributed by atoms with van der Waals surface area (Å²) in [5.41, 5.74) is 0. The summed E-state index contributed by atoms with van der Waals surface area (Å²) < 4.78 is 0. The second kappa shape index (κ2) is 18.5. The maximum atomic E-state index is 0. The van der Waals surface area contributed by atoms with E-state index in [1.807, 2.05) is 0 Å². The molecule has 0 rings (SSSR count). The van der Waals surface area contributed by atoms with Gasteiger partial charge >= 0.3 is 71.7 Å². The zero-order valence-electron chi connectivity index (χ0n) is 2.40. The van der Waals surface area contributed by atoms with E-state index in [0.717, 1.165) is 0 Å². The zero-order valence-corrected chi connectivity index (χ0v) is 11.2. The summed E-state index contributed by atoms with van der Waals surface area (Å²) in [5, 5.41) is 0. The summed E-state index contributed by atoms with van der Waals surface area (Å²) in [6.07, 6.45) is 0. The molecule has 0 atom stereocenters. The van der Waals surface area contributed by atoms with Gasteiger partial charge in [-0.3, -0.25) is 0 Å². The van der Waals surface area contributed by atoms with Gasteiger partial charge in [-0.25, -0.2) is 0 Å². The first-order valence-electron chi connectivity index (χ1n) is 0. The van der Waals surface area contributed by atoms with Gasteiger partial charge in [-0.1, -0.05) is 0 Å². The first kappa shape index (κ1) is 33.3. The van der Waals surface area contributed by atoms with Crippen LogP contribution >= 0.6 is 0 Å². The average molecular weight is 236 g/mol. The van der Waals surface area contributed by atoms with Crippen molar-refractivity contribution in [3.63, 3.8) is 0 Å². The van der Waals surface area contributed by atoms with Gasteiger partial charge in [0.25, 0.3) is 0 Å². The molecule has 0 saturated heterocycles. The molecular weight excluding hydrogens is 236 g/mol. The Hall–Kier alpha value is 2.31. The van der Waals surface area contributed by atoms with Gasteiger partial charge in [-0.05, 0) is 0 Å². The van der Waals surface area contributed by atoms with Gasteiger partial charge in [-0.15, -0.1) is 0 Å². The first-order chi connectivity index (χ1) is 0. The van der Waals surface area contributed by atoms with Crippen LogP contribution in [0, 0.1) is 0 Å².